The fourth-order valence-corrected chi connectivity index (χ4v) is 4.04. The first-order valence-electron chi connectivity index (χ1n) is 7.08. The Hall–Kier alpha value is -0.850. The van der Waals surface area contributed by atoms with Crippen molar-refractivity contribution in [3.05, 3.63) is 17.6 Å². The van der Waals surface area contributed by atoms with Crippen LogP contribution in [-0.4, -0.2) is 20.0 Å². The van der Waals surface area contributed by atoms with Crippen LogP contribution in [0.2, 0.25) is 0 Å². The minimum atomic E-state index is -3.50. The molecule has 0 unspecified atom stereocenters. The van der Waals surface area contributed by atoms with Crippen LogP contribution < -0.4 is 10.0 Å². The topological polar surface area (TPSA) is 71.3 Å². The van der Waals surface area contributed by atoms with Crippen molar-refractivity contribution in [3.63, 3.8) is 0 Å². The number of hydrogen-bond acceptors (Lipinski definition) is 4. The van der Waals surface area contributed by atoms with Gasteiger partial charge < -0.3 is 9.73 Å². The number of rotatable bonds is 6. The molecule has 2 N–H and O–H groups in total. The van der Waals surface area contributed by atoms with E-state index in [4.69, 9.17) is 4.42 Å². The molecule has 5 nitrogen and oxygen atoms in total. The first-order valence-corrected chi connectivity index (χ1v) is 8.57. The van der Waals surface area contributed by atoms with Crippen LogP contribution in [0.25, 0.3) is 0 Å². The average molecular weight is 300 g/mol. The third-order valence-corrected chi connectivity index (χ3v) is 5.48. The summed E-state index contributed by atoms with van der Waals surface area (Å²) < 4.78 is 33.2. The Kier molecular flexibility index (Phi) is 4.27. The van der Waals surface area contributed by atoms with Crippen molar-refractivity contribution in [2.45, 2.75) is 70.0 Å². The van der Waals surface area contributed by atoms with E-state index < -0.39 is 10.0 Å². The molecule has 0 atom stereocenters. The summed E-state index contributed by atoms with van der Waals surface area (Å²) in [5.41, 5.74) is -0.293. The highest BCUT2D eigenvalue weighted by atomic mass is 32.2. The van der Waals surface area contributed by atoms with Crippen molar-refractivity contribution in [1.82, 2.24) is 10.0 Å². The van der Waals surface area contributed by atoms with Crippen LogP contribution in [0.5, 0.6) is 0 Å². The van der Waals surface area contributed by atoms with Crippen LogP contribution in [0, 0.1) is 6.92 Å². The number of aryl methyl sites for hydroxylation is 1. The van der Waals surface area contributed by atoms with E-state index in [9.17, 15) is 8.42 Å². The zero-order chi connectivity index (χ0) is 15.0. The molecular formula is C14H24N2O3S. The third-order valence-electron chi connectivity index (χ3n) is 3.74. The number of sulfonamides is 1. The van der Waals surface area contributed by atoms with Gasteiger partial charge in [-0.3, -0.25) is 0 Å². The monoisotopic (exact) mass is 300 g/mol. The number of hydrogen-bond donors (Lipinski definition) is 2. The molecule has 1 aliphatic rings. The zero-order valence-corrected chi connectivity index (χ0v) is 13.4. The molecule has 1 heterocycles. The Balaban J connectivity index is 2.15. The van der Waals surface area contributed by atoms with Crippen molar-refractivity contribution in [2.24, 2.45) is 0 Å². The molecule has 0 spiro atoms. The van der Waals surface area contributed by atoms with Crippen molar-refractivity contribution >= 4 is 10.0 Å². The lowest BCUT2D eigenvalue weighted by Crippen LogP contribution is -2.50. The normalized spacial score (nSPS) is 18.2. The van der Waals surface area contributed by atoms with E-state index >= 15 is 0 Å². The quantitative estimate of drug-likeness (QED) is 0.845. The Morgan fingerprint density at radius 2 is 2.05 bits per heavy atom. The predicted molar refractivity (Wildman–Crippen MR) is 78.0 cm³/mol. The molecule has 6 heteroatoms. The van der Waals surface area contributed by atoms with E-state index in [-0.39, 0.29) is 10.4 Å². The van der Waals surface area contributed by atoms with Crippen LogP contribution in [0.15, 0.2) is 15.4 Å². The highest BCUT2D eigenvalue weighted by Gasteiger charge is 2.37. The van der Waals surface area contributed by atoms with Gasteiger partial charge in [0.1, 0.15) is 16.4 Å². The molecule has 0 amide bonds. The lowest BCUT2D eigenvalue weighted by atomic mass is 9.80. The highest BCUT2D eigenvalue weighted by molar-refractivity contribution is 7.89. The molecule has 114 valence electrons. The Bertz CT molecular complexity index is 571. The lowest BCUT2D eigenvalue weighted by Gasteiger charge is -2.38. The van der Waals surface area contributed by atoms with E-state index in [1.165, 1.54) is 0 Å². The summed E-state index contributed by atoms with van der Waals surface area (Å²) in [6, 6.07) is 1.95. The van der Waals surface area contributed by atoms with Crippen molar-refractivity contribution in [1.29, 1.82) is 0 Å². The second-order valence-electron chi connectivity index (χ2n) is 6.19. The zero-order valence-electron chi connectivity index (χ0n) is 12.6. The molecule has 1 aliphatic carbocycles. The van der Waals surface area contributed by atoms with Gasteiger partial charge in [0.25, 0.3) is 0 Å². The Labute approximate surface area is 121 Å². The van der Waals surface area contributed by atoms with E-state index in [1.807, 2.05) is 20.8 Å². The van der Waals surface area contributed by atoms with Crippen LogP contribution in [0.3, 0.4) is 0 Å². The summed E-state index contributed by atoms with van der Waals surface area (Å²) in [7, 11) is -3.50. The van der Waals surface area contributed by atoms with Gasteiger partial charge in [0.15, 0.2) is 0 Å². The van der Waals surface area contributed by atoms with Crippen molar-refractivity contribution in [2.75, 3.05) is 0 Å². The van der Waals surface area contributed by atoms with Gasteiger partial charge in [-0.2, -0.15) is 0 Å². The molecular weight excluding hydrogens is 276 g/mol. The van der Waals surface area contributed by atoms with Gasteiger partial charge in [0, 0.05) is 17.6 Å². The average Bonchev–Trinajstić information content (AvgIpc) is 2.66. The van der Waals surface area contributed by atoms with E-state index in [0.29, 0.717) is 24.1 Å². The SMILES string of the molecule is Cc1oc(CNC(C)C)cc1S(=O)(=O)NC1(C)CCC1. The summed E-state index contributed by atoms with van der Waals surface area (Å²) in [6.45, 7) is 8.24. The molecule has 2 rings (SSSR count). The molecule has 0 aromatic carbocycles. The summed E-state index contributed by atoms with van der Waals surface area (Å²) in [5.74, 6) is 1.09. The maximum absolute atomic E-state index is 12.4. The minimum Gasteiger partial charge on any atom is -0.464 e. The summed E-state index contributed by atoms with van der Waals surface area (Å²) in [6.07, 6.45) is 2.86. The Morgan fingerprint density at radius 3 is 2.55 bits per heavy atom. The van der Waals surface area contributed by atoms with E-state index in [2.05, 4.69) is 10.0 Å². The molecule has 1 fully saturated rings. The first-order chi connectivity index (χ1) is 9.22. The number of nitrogens with one attached hydrogen (secondary N) is 2. The molecule has 20 heavy (non-hydrogen) atoms. The minimum absolute atomic E-state index is 0.256. The lowest BCUT2D eigenvalue weighted by molar-refractivity contribution is 0.248. The molecule has 1 aromatic rings. The molecule has 0 radical (unpaired) electrons. The van der Waals surface area contributed by atoms with Gasteiger partial charge in [-0.1, -0.05) is 13.8 Å². The molecule has 0 bridgehead atoms. The van der Waals surface area contributed by atoms with Crippen LogP contribution >= 0.6 is 0 Å². The second-order valence-corrected chi connectivity index (χ2v) is 7.84. The van der Waals surface area contributed by atoms with Gasteiger partial charge >= 0.3 is 0 Å². The fraction of sp³-hybridized carbons (Fsp3) is 0.714. The second kappa shape index (κ2) is 5.50. The molecule has 0 saturated heterocycles. The Morgan fingerprint density at radius 1 is 1.40 bits per heavy atom. The maximum atomic E-state index is 12.4. The van der Waals surface area contributed by atoms with Crippen LogP contribution in [0.4, 0.5) is 0 Å². The van der Waals surface area contributed by atoms with Crippen molar-refractivity contribution in [3.8, 4) is 0 Å². The van der Waals surface area contributed by atoms with Crippen LogP contribution in [0.1, 0.15) is 51.6 Å². The number of furan rings is 1. The van der Waals surface area contributed by atoms with E-state index in [1.54, 1.807) is 13.0 Å². The molecule has 0 aliphatic heterocycles. The maximum Gasteiger partial charge on any atom is 0.244 e. The van der Waals surface area contributed by atoms with Gasteiger partial charge in [-0.25, -0.2) is 13.1 Å². The smallest absolute Gasteiger partial charge is 0.244 e. The molecule has 1 aromatic heterocycles. The third kappa shape index (κ3) is 3.42. The standard InChI is InChI=1S/C14H24N2O3S/c1-10(2)15-9-12-8-13(11(3)19-12)20(17,18)16-14(4)6-5-7-14/h8,10,15-16H,5-7,9H2,1-4H3. The summed E-state index contributed by atoms with van der Waals surface area (Å²) in [5, 5.41) is 3.22. The van der Waals surface area contributed by atoms with E-state index in [0.717, 1.165) is 19.3 Å². The fourth-order valence-electron chi connectivity index (χ4n) is 2.37. The van der Waals surface area contributed by atoms with Crippen LogP contribution in [-0.2, 0) is 16.6 Å². The highest BCUT2D eigenvalue weighted by Crippen LogP contribution is 2.33. The van der Waals surface area contributed by atoms with Gasteiger partial charge in [0.05, 0.1) is 6.54 Å². The summed E-state index contributed by atoms with van der Waals surface area (Å²) >= 11 is 0. The van der Waals surface area contributed by atoms with Gasteiger partial charge in [0.2, 0.25) is 10.0 Å². The largest absolute Gasteiger partial charge is 0.464 e. The van der Waals surface area contributed by atoms with Crippen molar-refractivity contribution < 1.29 is 12.8 Å². The van der Waals surface area contributed by atoms with Gasteiger partial charge in [-0.05, 0) is 33.1 Å². The summed E-state index contributed by atoms with van der Waals surface area (Å²) in [4.78, 5) is 0.256. The first kappa shape index (κ1) is 15.5. The molecule has 1 saturated carbocycles. The predicted octanol–water partition coefficient (Wildman–Crippen LogP) is 2.31. The van der Waals surface area contributed by atoms with Gasteiger partial charge in [-0.15, -0.1) is 0 Å².